The van der Waals surface area contributed by atoms with Crippen molar-refractivity contribution in [2.24, 2.45) is 0 Å². The highest BCUT2D eigenvalue weighted by Gasteiger charge is 2.56. The zero-order chi connectivity index (χ0) is 33.7. The fraction of sp³-hybridized carbons (Fsp3) is 0.682. The molecule has 24 heteroatoms. The quantitative estimate of drug-likeness (QED) is 0.0778. The number of ether oxygens (including phenoxy) is 5. The SMILES string of the molecule is Nc1ncnc2c1ncn2[C@@H]1O[C@H](CO[C@H]2[C@H](O)[C@@H](O)[C@@H](O[C@@H](C(=O)O)[C@@H]3OC(=O)[C@@H](O)[C@H]3OP(=O)(O)O)O[C@@H]2CO)[C@@H](O)[C@H]1O. The van der Waals surface area contributed by atoms with E-state index in [-0.39, 0.29) is 17.0 Å². The van der Waals surface area contributed by atoms with Crippen molar-refractivity contribution in [1.82, 2.24) is 19.5 Å². The molecule has 0 spiro atoms. The Morgan fingerprint density at radius 2 is 1.74 bits per heavy atom. The summed E-state index contributed by atoms with van der Waals surface area (Å²) in [5, 5.41) is 72.3. The topological polar surface area (TPSA) is 358 Å². The van der Waals surface area contributed by atoms with Crippen LogP contribution in [0.15, 0.2) is 12.7 Å². The number of esters is 1. The third-order valence-corrected chi connectivity index (χ3v) is 8.00. The Bertz CT molecular complexity index is 1470. The van der Waals surface area contributed by atoms with E-state index in [1.54, 1.807) is 0 Å². The van der Waals surface area contributed by atoms with Gasteiger partial charge in [-0.1, -0.05) is 0 Å². The Balaban J connectivity index is 1.26. The van der Waals surface area contributed by atoms with Gasteiger partial charge in [-0.25, -0.2) is 29.1 Å². The maximum absolute atomic E-state index is 12.0. The largest absolute Gasteiger partial charge is 0.479 e. The summed E-state index contributed by atoms with van der Waals surface area (Å²) in [7, 11) is -5.40. The normalized spacial score (nSPS) is 37.4. The number of hydrogen-bond donors (Lipinski definition) is 10. The Kier molecular flexibility index (Phi) is 9.89. The van der Waals surface area contributed by atoms with Gasteiger partial charge in [-0.05, 0) is 0 Å². The average Bonchev–Trinajstić information content (AvgIpc) is 3.63. The van der Waals surface area contributed by atoms with E-state index in [0.29, 0.717) is 0 Å². The first-order valence-corrected chi connectivity index (χ1v) is 14.8. The maximum atomic E-state index is 12.0. The number of anilines is 1. The van der Waals surface area contributed by atoms with Crippen molar-refractivity contribution in [1.29, 1.82) is 0 Å². The zero-order valence-corrected chi connectivity index (χ0v) is 24.0. The maximum Gasteiger partial charge on any atom is 0.470 e. The van der Waals surface area contributed by atoms with Crippen molar-refractivity contribution < 1.29 is 87.9 Å². The first-order valence-electron chi connectivity index (χ1n) is 13.3. The molecule has 0 amide bonds. The van der Waals surface area contributed by atoms with Crippen molar-refractivity contribution in [2.45, 2.75) is 79.7 Å². The monoisotopic (exact) mass is 683 g/mol. The van der Waals surface area contributed by atoms with Crippen molar-refractivity contribution >= 4 is 36.7 Å². The van der Waals surface area contributed by atoms with Crippen molar-refractivity contribution in [3.05, 3.63) is 12.7 Å². The van der Waals surface area contributed by atoms with E-state index in [0.717, 1.165) is 6.33 Å². The highest BCUT2D eigenvalue weighted by atomic mass is 31.2. The molecule has 23 nitrogen and oxygen atoms in total. The lowest BCUT2D eigenvalue weighted by molar-refractivity contribution is -0.323. The van der Waals surface area contributed by atoms with Gasteiger partial charge in [0, 0.05) is 0 Å². The lowest BCUT2D eigenvalue weighted by atomic mass is 9.98. The lowest BCUT2D eigenvalue weighted by Gasteiger charge is -2.43. The van der Waals surface area contributed by atoms with Crippen LogP contribution in [-0.4, -0.2) is 164 Å². The van der Waals surface area contributed by atoms with Gasteiger partial charge < -0.3 is 75.0 Å². The molecule has 2 aromatic rings. The molecular formula is C22H30N5O18P. The lowest BCUT2D eigenvalue weighted by Crippen LogP contribution is -2.62. The molecule has 0 aromatic carbocycles. The summed E-state index contributed by atoms with van der Waals surface area (Å²) in [6.07, 6.45) is -21.5. The van der Waals surface area contributed by atoms with Gasteiger partial charge in [-0.15, -0.1) is 0 Å². The number of rotatable bonds is 11. The van der Waals surface area contributed by atoms with Crippen LogP contribution in [0.4, 0.5) is 5.82 Å². The van der Waals surface area contributed by atoms with Crippen LogP contribution in [0, 0.1) is 0 Å². The Morgan fingerprint density at radius 1 is 1.02 bits per heavy atom. The van der Waals surface area contributed by atoms with Gasteiger partial charge in [0.15, 0.2) is 42.3 Å². The number of aliphatic carboxylic acids is 1. The fourth-order valence-electron chi connectivity index (χ4n) is 5.25. The standard InChI is InChI=1S/C22H30N5O18P/c23-17-7-18(25-3-24-17)27(4-26-7)19-10(31)8(29)6(41-19)2-40-13-5(1-28)42-22(11(32)9(13)30)44-16(20(34)35)15-14(45-46(37,38)39)12(33)21(36)43-15/h3-6,8-16,19,22,28-33H,1-2H2,(H,34,35)(H2,23,24,25)(H2,37,38,39)/t5-,6-,8-,9-,10-,11-,12+,13-,14-,15-,16-,19-,22-/m1/s1. The Morgan fingerprint density at radius 3 is 2.39 bits per heavy atom. The molecule has 5 heterocycles. The summed E-state index contributed by atoms with van der Waals surface area (Å²) >= 11 is 0. The number of carboxylic acids is 1. The number of imidazole rings is 1. The van der Waals surface area contributed by atoms with Crippen LogP contribution in [-0.2, 0) is 42.4 Å². The summed E-state index contributed by atoms with van der Waals surface area (Å²) in [5.41, 5.74) is 6.19. The molecule has 256 valence electrons. The number of fused-ring (bicyclic) bond motifs is 1. The number of aromatic nitrogens is 4. The van der Waals surface area contributed by atoms with E-state index in [4.69, 9.17) is 39.2 Å². The van der Waals surface area contributed by atoms with Crippen LogP contribution in [0.5, 0.6) is 0 Å². The number of hydrogen-bond acceptors (Lipinski definition) is 19. The number of nitrogen functional groups attached to an aromatic ring is 1. The second kappa shape index (κ2) is 13.2. The third kappa shape index (κ3) is 6.56. The van der Waals surface area contributed by atoms with Crippen molar-refractivity contribution in [2.75, 3.05) is 18.9 Å². The molecule has 2 aromatic heterocycles. The van der Waals surface area contributed by atoms with Crippen LogP contribution in [0.2, 0.25) is 0 Å². The molecule has 5 rings (SSSR count). The highest BCUT2D eigenvalue weighted by molar-refractivity contribution is 7.46. The van der Waals surface area contributed by atoms with E-state index in [2.05, 4.69) is 19.5 Å². The Labute approximate surface area is 255 Å². The minimum atomic E-state index is -5.40. The van der Waals surface area contributed by atoms with E-state index in [1.165, 1.54) is 10.9 Å². The minimum Gasteiger partial charge on any atom is -0.479 e. The van der Waals surface area contributed by atoms with Gasteiger partial charge in [0.1, 0.15) is 60.7 Å². The molecule has 0 saturated carbocycles. The van der Waals surface area contributed by atoms with Crippen LogP contribution < -0.4 is 5.73 Å². The predicted octanol–water partition coefficient (Wildman–Crippen LogP) is -5.91. The number of nitrogens with zero attached hydrogens (tertiary/aromatic N) is 4. The molecule has 3 fully saturated rings. The minimum absolute atomic E-state index is 0.0599. The summed E-state index contributed by atoms with van der Waals surface area (Å²) in [6.45, 7) is -1.46. The van der Waals surface area contributed by atoms with E-state index in [9.17, 15) is 49.9 Å². The number of aliphatic hydroxyl groups excluding tert-OH is 6. The Hall–Kier alpha value is -3.00. The number of phosphoric ester groups is 1. The molecular weight excluding hydrogens is 653 g/mol. The molecule has 0 bridgehead atoms. The fourth-order valence-corrected chi connectivity index (χ4v) is 5.80. The zero-order valence-electron chi connectivity index (χ0n) is 23.1. The average molecular weight is 683 g/mol. The van der Waals surface area contributed by atoms with Gasteiger partial charge in [-0.2, -0.15) is 0 Å². The first kappa shape index (κ1) is 34.3. The summed E-state index contributed by atoms with van der Waals surface area (Å²) in [6, 6.07) is 0. The van der Waals surface area contributed by atoms with Gasteiger partial charge in [0.05, 0.1) is 19.5 Å². The van der Waals surface area contributed by atoms with Crippen molar-refractivity contribution in [3.63, 3.8) is 0 Å². The van der Waals surface area contributed by atoms with Gasteiger partial charge >= 0.3 is 19.8 Å². The van der Waals surface area contributed by atoms with Crippen LogP contribution in [0.1, 0.15) is 6.23 Å². The van der Waals surface area contributed by atoms with Crippen LogP contribution in [0.25, 0.3) is 11.2 Å². The second-order valence-electron chi connectivity index (χ2n) is 10.4. The smallest absolute Gasteiger partial charge is 0.470 e. The molecule has 3 aliphatic heterocycles. The van der Waals surface area contributed by atoms with Gasteiger partial charge in [0.25, 0.3) is 0 Å². The molecule has 3 aliphatic rings. The predicted molar refractivity (Wildman–Crippen MR) is 138 cm³/mol. The first-order chi connectivity index (χ1) is 21.6. The molecule has 0 aliphatic carbocycles. The highest BCUT2D eigenvalue weighted by Crippen LogP contribution is 2.42. The molecule has 0 radical (unpaired) electrons. The summed E-state index contributed by atoms with van der Waals surface area (Å²) in [4.78, 5) is 54.0. The second-order valence-corrected chi connectivity index (χ2v) is 11.6. The number of carbonyl (C=O) groups is 2. The van der Waals surface area contributed by atoms with Crippen LogP contribution in [0.3, 0.4) is 0 Å². The molecule has 0 unspecified atom stereocenters. The van der Waals surface area contributed by atoms with Gasteiger partial charge in [-0.3, -0.25) is 9.09 Å². The number of nitrogens with two attached hydrogens (primary N) is 1. The number of carboxylic acid groups (broad SMARTS) is 1. The number of cyclic esters (lactones) is 1. The molecule has 11 N–H and O–H groups in total. The third-order valence-electron chi connectivity index (χ3n) is 7.48. The molecule has 46 heavy (non-hydrogen) atoms. The number of carbonyl (C=O) groups excluding carboxylic acids is 1. The number of aliphatic hydroxyl groups is 6. The molecule has 13 atom stereocenters. The molecule has 3 saturated heterocycles. The van der Waals surface area contributed by atoms with Crippen molar-refractivity contribution in [3.8, 4) is 0 Å². The summed E-state index contributed by atoms with van der Waals surface area (Å²) < 4.78 is 43.6. The summed E-state index contributed by atoms with van der Waals surface area (Å²) in [5.74, 6) is -3.35. The number of phosphoric acid groups is 1. The van der Waals surface area contributed by atoms with E-state index < -0.39 is 113 Å². The van der Waals surface area contributed by atoms with Gasteiger partial charge in [0.2, 0.25) is 0 Å². The van der Waals surface area contributed by atoms with Crippen LogP contribution >= 0.6 is 7.82 Å². The van der Waals surface area contributed by atoms with E-state index >= 15 is 0 Å². The van der Waals surface area contributed by atoms with E-state index in [1.807, 2.05) is 0 Å².